The molecule has 1 fully saturated rings. The Labute approximate surface area is 137 Å². The number of nitrogens with one attached hydrogen (secondary N) is 2. The lowest BCUT2D eigenvalue weighted by atomic mass is 9.79. The number of halogens is 1. The largest absolute Gasteiger partial charge is 0.307 e. The van der Waals surface area contributed by atoms with Crippen LogP contribution in [0.15, 0.2) is 24.3 Å². The molecule has 1 unspecified atom stereocenters. The normalized spacial score (nSPS) is 23.5. The van der Waals surface area contributed by atoms with Gasteiger partial charge in [0.2, 0.25) is 0 Å². The van der Waals surface area contributed by atoms with E-state index in [1.54, 1.807) is 0 Å². The van der Waals surface area contributed by atoms with Crippen molar-refractivity contribution in [3.8, 4) is 0 Å². The molecule has 2 N–H and O–H groups in total. The summed E-state index contributed by atoms with van der Waals surface area (Å²) >= 11 is 2.36. The van der Waals surface area contributed by atoms with Crippen LogP contribution in [0.2, 0.25) is 0 Å². The molecule has 0 radical (unpaired) electrons. The third-order valence-corrected chi connectivity index (χ3v) is 4.77. The van der Waals surface area contributed by atoms with Crippen LogP contribution < -0.4 is 10.6 Å². The van der Waals surface area contributed by atoms with Crippen LogP contribution >= 0.6 is 22.6 Å². The number of hydrogen-bond donors (Lipinski definition) is 2. The van der Waals surface area contributed by atoms with Crippen molar-refractivity contribution in [2.45, 2.75) is 70.6 Å². The fraction of sp³-hybridized carbons (Fsp3) is 0.647. The van der Waals surface area contributed by atoms with Crippen LogP contribution in [0.3, 0.4) is 0 Å². The van der Waals surface area contributed by atoms with Crippen LogP contribution in [0.1, 0.15) is 59.1 Å². The van der Waals surface area contributed by atoms with Crippen LogP contribution in [-0.4, -0.2) is 17.1 Å². The molecule has 1 saturated heterocycles. The van der Waals surface area contributed by atoms with Gasteiger partial charge in [-0.2, -0.15) is 0 Å². The molecule has 0 amide bonds. The van der Waals surface area contributed by atoms with Crippen molar-refractivity contribution >= 4 is 22.6 Å². The molecule has 1 aromatic carbocycles. The highest BCUT2D eigenvalue weighted by molar-refractivity contribution is 14.1. The van der Waals surface area contributed by atoms with Crippen LogP contribution in [0.25, 0.3) is 0 Å². The van der Waals surface area contributed by atoms with E-state index in [2.05, 4.69) is 92.1 Å². The van der Waals surface area contributed by atoms with Gasteiger partial charge in [-0.25, -0.2) is 0 Å². The molecule has 1 aliphatic heterocycles. The van der Waals surface area contributed by atoms with Gasteiger partial charge < -0.3 is 10.6 Å². The van der Waals surface area contributed by atoms with Gasteiger partial charge in [-0.1, -0.05) is 12.1 Å². The topological polar surface area (TPSA) is 24.1 Å². The molecule has 0 aliphatic carbocycles. The molecule has 0 spiro atoms. The predicted molar refractivity (Wildman–Crippen MR) is 95.0 cm³/mol. The maximum Gasteiger partial charge on any atom is 0.0294 e. The average molecular weight is 386 g/mol. The van der Waals surface area contributed by atoms with Gasteiger partial charge in [0, 0.05) is 26.7 Å². The van der Waals surface area contributed by atoms with E-state index in [0.717, 1.165) is 0 Å². The molecule has 0 bridgehead atoms. The Hall–Kier alpha value is -0.130. The molecular formula is C17H27IN2. The number of hydrogen-bond acceptors (Lipinski definition) is 2. The van der Waals surface area contributed by atoms with Crippen molar-refractivity contribution in [2.75, 3.05) is 0 Å². The highest BCUT2D eigenvalue weighted by atomic mass is 127. The maximum absolute atomic E-state index is 3.82. The minimum atomic E-state index is 0.200. The molecule has 2 rings (SSSR count). The second kappa shape index (κ2) is 5.93. The molecule has 1 aromatic rings. The summed E-state index contributed by atoms with van der Waals surface area (Å²) in [7, 11) is 0. The van der Waals surface area contributed by atoms with Gasteiger partial charge in [0.15, 0.2) is 0 Å². The van der Waals surface area contributed by atoms with E-state index in [-0.39, 0.29) is 11.1 Å². The maximum atomic E-state index is 3.82. The van der Waals surface area contributed by atoms with Gasteiger partial charge in [0.05, 0.1) is 0 Å². The van der Waals surface area contributed by atoms with Crippen molar-refractivity contribution in [3.05, 3.63) is 33.4 Å². The Morgan fingerprint density at radius 2 is 1.60 bits per heavy atom. The van der Waals surface area contributed by atoms with Crippen LogP contribution in [0.4, 0.5) is 0 Å². The van der Waals surface area contributed by atoms with E-state index in [0.29, 0.717) is 12.1 Å². The molecule has 0 saturated carbocycles. The molecule has 3 heteroatoms. The monoisotopic (exact) mass is 386 g/mol. The van der Waals surface area contributed by atoms with Crippen LogP contribution in [0, 0.1) is 3.57 Å². The second-order valence-corrected chi connectivity index (χ2v) is 8.68. The zero-order valence-electron chi connectivity index (χ0n) is 13.3. The molecule has 20 heavy (non-hydrogen) atoms. The van der Waals surface area contributed by atoms with E-state index >= 15 is 0 Å². The summed E-state index contributed by atoms with van der Waals surface area (Å²) in [6.45, 7) is 11.5. The van der Waals surface area contributed by atoms with Crippen molar-refractivity contribution in [1.29, 1.82) is 0 Å². The van der Waals surface area contributed by atoms with Crippen molar-refractivity contribution in [1.82, 2.24) is 10.6 Å². The highest BCUT2D eigenvalue weighted by Gasteiger charge is 2.37. The fourth-order valence-electron chi connectivity index (χ4n) is 3.64. The third-order valence-electron chi connectivity index (χ3n) is 4.05. The van der Waals surface area contributed by atoms with E-state index < -0.39 is 0 Å². The van der Waals surface area contributed by atoms with E-state index in [1.165, 1.54) is 22.0 Å². The number of benzene rings is 1. The molecule has 2 nitrogen and oxygen atoms in total. The SMILES string of the molecule is CC(NC1CC(C)(C)NC(C)(C)C1)c1ccc(I)cc1. The summed E-state index contributed by atoms with van der Waals surface area (Å²) in [5.74, 6) is 0. The zero-order valence-corrected chi connectivity index (χ0v) is 15.4. The first-order chi connectivity index (χ1) is 9.17. The quantitative estimate of drug-likeness (QED) is 0.759. The Balaban J connectivity index is 2.03. The first-order valence-electron chi connectivity index (χ1n) is 7.48. The minimum Gasteiger partial charge on any atom is -0.307 e. The van der Waals surface area contributed by atoms with Crippen LogP contribution in [-0.2, 0) is 0 Å². The van der Waals surface area contributed by atoms with Gasteiger partial charge in [-0.3, -0.25) is 0 Å². The van der Waals surface area contributed by atoms with Gasteiger partial charge in [-0.15, -0.1) is 0 Å². The number of piperidine rings is 1. The standard InChI is InChI=1S/C17H27IN2/c1-12(13-6-8-14(18)9-7-13)19-15-10-16(2,3)20-17(4,5)11-15/h6-9,12,15,19-20H,10-11H2,1-5H3. The van der Waals surface area contributed by atoms with E-state index in [9.17, 15) is 0 Å². The molecular weight excluding hydrogens is 359 g/mol. The Bertz CT molecular complexity index is 435. The summed E-state index contributed by atoms with van der Waals surface area (Å²) in [6.07, 6.45) is 2.34. The van der Waals surface area contributed by atoms with Crippen molar-refractivity contribution < 1.29 is 0 Å². The first kappa shape index (κ1) is 16.2. The molecule has 1 heterocycles. The molecule has 1 atom stereocenters. The Kier molecular flexibility index (Phi) is 4.82. The van der Waals surface area contributed by atoms with Crippen LogP contribution in [0.5, 0.6) is 0 Å². The summed E-state index contributed by atoms with van der Waals surface area (Å²) in [4.78, 5) is 0. The summed E-state index contributed by atoms with van der Waals surface area (Å²) < 4.78 is 1.29. The van der Waals surface area contributed by atoms with Gasteiger partial charge in [-0.05, 0) is 87.7 Å². The first-order valence-corrected chi connectivity index (χ1v) is 8.56. The Morgan fingerprint density at radius 3 is 2.10 bits per heavy atom. The van der Waals surface area contributed by atoms with E-state index in [4.69, 9.17) is 0 Å². The molecule has 0 aromatic heterocycles. The van der Waals surface area contributed by atoms with E-state index in [1.807, 2.05) is 0 Å². The zero-order chi connectivity index (χ0) is 15.0. The second-order valence-electron chi connectivity index (χ2n) is 7.44. The van der Waals surface area contributed by atoms with Crippen molar-refractivity contribution in [2.24, 2.45) is 0 Å². The minimum absolute atomic E-state index is 0.200. The molecule has 112 valence electrons. The third kappa shape index (κ3) is 4.43. The fourth-order valence-corrected chi connectivity index (χ4v) is 4.00. The lowest BCUT2D eigenvalue weighted by Crippen LogP contribution is -2.61. The van der Waals surface area contributed by atoms with Gasteiger partial charge >= 0.3 is 0 Å². The summed E-state index contributed by atoms with van der Waals surface area (Å²) in [6, 6.07) is 9.81. The highest BCUT2D eigenvalue weighted by Crippen LogP contribution is 2.30. The lowest BCUT2D eigenvalue weighted by Gasteiger charge is -2.47. The summed E-state index contributed by atoms with van der Waals surface area (Å²) in [5, 5.41) is 7.56. The van der Waals surface area contributed by atoms with Crippen molar-refractivity contribution in [3.63, 3.8) is 0 Å². The summed E-state index contributed by atoms with van der Waals surface area (Å²) in [5.41, 5.74) is 1.77. The average Bonchev–Trinajstić information content (AvgIpc) is 2.25. The lowest BCUT2D eigenvalue weighted by molar-refractivity contribution is 0.141. The molecule has 1 aliphatic rings. The van der Waals surface area contributed by atoms with Gasteiger partial charge in [0.25, 0.3) is 0 Å². The number of rotatable bonds is 3. The smallest absolute Gasteiger partial charge is 0.0294 e. The Morgan fingerprint density at radius 1 is 1.10 bits per heavy atom. The predicted octanol–water partition coefficient (Wildman–Crippen LogP) is 4.25. The van der Waals surface area contributed by atoms with Gasteiger partial charge in [0.1, 0.15) is 0 Å².